The molecule has 6 N–H and O–H groups in total. The van der Waals surface area contributed by atoms with Crippen LogP contribution < -0.4 is 0 Å². The molecule has 2 aliphatic heterocycles. The summed E-state index contributed by atoms with van der Waals surface area (Å²) in [7, 11) is 0. The Morgan fingerprint density at radius 2 is 1.57 bits per heavy atom. The van der Waals surface area contributed by atoms with Crippen LogP contribution in [0, 0.1) is 0 Å². The van der Waals surface area contributed by atoms with Crippen LogP contribution in [-0.4, -0.2) is 92.9 Å². The van der Waals surface area contributed by atoms with Gasteiger partial charge in [0.15, 0.2) is 6.29 Å². The second-order valence-electron chi connectivity index (χ2n) is 4.97. The third-order valence-corrected chi connectivity index (χ3v) is 3.55. The van der Waals surface area contributed by atoms with Crippen LogP contribution in [0.1, 0.15) is 0 Å². The molecule has 0 aliphatic carbocycles. The predicted octanol–water partition coefficient (Wildman–Crippen LogP) is -3.56. The molecular formula is C12H20O9. The van der Waals surface area contributed by atoms with Crippen LogP contribution in [0.2, 0.25) is 0 Å². The fourth-order valence-electron chi connectivity index (χ4n) is 2.28. The molecule has 1 unspecified atom stereocenters. The first kappa shape index (κ1) is 16.6. The van der Waals surface area contributed by atoms with Crippen LogP contribution in [0.3, 0.4) is 0 Å². The summed E-state index contributed by atoms with van der Waals surface area (Å²) in [5, 5.41) is 57.3. The SMILES string of the molecule is OC[C@H]1OC(O[C@H]2[C@H](O)C=CO[C@@H]2CO)[C@H](O)[C@H](O)[C@H]1O. The van der Waals surface area contributed by atoms with E-state index < -0.39 is 62.2 Å². The Hall–Kier alpha value is -0.780. The van der Waals surface area contributed by atoms with Crippen molar-refractivity contribution in [1.29, 1.82) is 0 Å². The zero-order chi connectivity index (χ0) is 15.6. The minimum absolute atomic E-state index is 0.441. The van der Waals surface area contributed by atoms with Gasteiger partial charge in [0, 0.05) is 0 Å². The average Bonchev–Trinajstić information content (AvgIpc) is 2.49. The van der Waals surface area contributed by atoms with Crippen LogP contribution in [0.15, 0.2) is 12.3 Å². The van der Waals surface area contributed by atoms with Gasteiger partial charge in [-0.3, -0.25) is 0 Å². The van der Waals surface area contributed by atoms with Crippen molar-refractivity contribution in [3.63, 3.8) is 0 Å². The van der Waals surface area contributed by atoms with Crippen molar-refractivity contribution in [1.82, 2.24) is 0 Å². The van der Waals surface area contributed by atoms with E-state index in [4.69, 9.17) is 19.3 Å². The molecule has 0 aromatic carbocycles. The third-order valence-electron chi connectivity index (χ3n) is 3.55. The molecule has 2 aliphatic rings. The van der Waals surface area contributed by atoms with E-state index in [0.717, 1.165) is 0 Å². The number of hydrogen-bond acceptors (Lipinski definition) is 9. The minimum atomic E-state index is -1.58. The van der Waals surface area contributed by atoms with Crippen LogP contribution in [0.4, 0.5) is 0 Å². The maximum Gasteiger partial charge on any atom is 0.187 e. The van der Waals surface area contributed by atoms with Crippen molar-refractivity contribution in [3.8, 4) is 0 Å². The second kappa shape index (κ2) is 6.99. The first-order valence-electron chi connectivity index (χ1n) is 6.56. The van der Waals surface area contributed by atoms with Crippen molar-refractivity contribution in [2.45, 2.75) is 49.0 Å². The maximum atomic E-state index is 9.85. The maximum absolute atomic E-state index is 9.85. The Kier molecular flexibility index (Phi) is 5.52. The predicted molar refractivity (Wildman–Crippen MR) is 65.7 cm³/mol. The first-order chi connectivity index (χ1) is 9.99. The molecule has 9 nitrogen and oxygen atoms in total. The Bertz CT molecular complexity index is 361. The van der Waals surface area contributed by atoms with Crippen LogP contribution >= 0.6 is 0 Å². The number of hydrogen-bond donors (Lipinski definition) is 6. The summed E-state index contributed by atoms with van der Waals surface area (Å²) in [6, 6.07) is 0. The molecular weight excluding hydrogens is 288 g/mol. The highest BCUT2D eigenvalue weighted by Gasteiger charge is 2.46. The minimum Gasteiger partial charge on any atom is -0.493 e. The Morgan fingerprint density at radius 1 is 0.905 bits per heavy atom. The van der Waals surface area contributed by atoms with E-state index in [1.165, 1.54) is 12.3 Å². The molecule has 1 saturated heterocycles. The highest BCUT2D eigenvalue weighted by Crippen LogP contribution is 2.26. The Morgan fingerprint density at radius 3 is 2.19 bits per heavy atom. The van der Waals surface area contributed by atoms with E-state index in [0.29, 0.717) is 0 Å². The molecule has 0 aromatic rings. The monoisotopic (exact) mass is 308 g/mol. The lowest BCUT2D eigenvalue weighted by Gasteiger charge is -2.42. The molecule has 2 heterocycles. The lowest BCUT2D eigenvalue weighted by Crippen LogP contribution is -2.61. The molecule has 122 valence electrons. The van der Waals surface area contributed by atoms with Gasteiger partial charge in [0.2, 0.25) is 0 Å². The van der Waals surface area contributed by atoms with Gasteiger partial charge in [-0.2, -0.15) is 0 Å². The normalized spacial score (nSPS) is 47.1. The zero-order valence-electron chi connectivity index (χ0n) is 11.1. The standard InChI is InChI=1S/C12H20O9/c13-3-6-8(16)9(17)10(18)12(20-6)21-11-5(15)1-2-19-7(11)4-14/h1-2,5-18H,3-4H2/t5-,6-,7-,8+,9-,10-,11+,12?/m1/s1. The molecule has 2 rings (SSSR count). The highest BCUT2D eigenvalue weighted by atomic mass is 16.7. The molecule has 21 heavy (non-hydrogen) atoms. The smallest absolute Gasteiger partial charge is 0.187 e. The van der Waals surface area contributed by atoms with Gasteiger partial charge in [0.1, 0.15) is 42.7 Å². The molecule has 0 aromatic heterocycles. The molecule has 1 fully saturated rings. The van der Waals surface area contributed by atoms with Crippen LogP contribution in [0.5, 0.6) is 0 Å². The summed E-state index contributed by atoms with van der Waals surface area (Å²) in [5.74, 6) is 0. The Labute approximate surface area is 120 Å². The molecule has 0 radical (unpaired) electrons. The topological polar surface area (TPSA) is 149 Å². The van der Waals surface area contributed by atoms with Gasteiger partial charge in [-0.1, -0.05) is 0 Å². The fourth-order valence-corrected chi connectivity index (χ4v) is 2.28. The summed E-state index contributed by atoms with van der Waals surface area (Å²) >= 11 is 0. The van der Waals surface area contributed by atoms with Crippen molar-refractivity contribution in [2.75, 3.05) is 13.2 Å². The number of rotatable bonds is 4. The summed E-state index contributed by atoms with van der Waals surface area (Å²) in [5.41, 5.74) is 0. The number of ether oxygens (including phenoxy) is 3. The molecule has 0 bridgehead atoms. The third kappa shape index (κ3) is 3.35. The van der Waals surface area contributed by atoms with E-state index in [1.807, 2.05) is 0 Å². The van der Waals surface area contributed by atoms with Gasteiger partial charge in [0.05, 0.1) is 19.5 Å². The summed E-state index contributed by atoms with van der Waals surface area (Å²) in [4.78, 5) is 0. The second-order valence-corrected chi connectivity index (χ2v) is 4.97. The average molecular weight is 308 g/mol. The molecule has 0 saturated carbocycles. The lowest BCUT2D eigenvalue weighted by molar-refractivity contribution is -0.324. The van der Waals surface area contributed by atoms with Crippen molar-refractivity contribution in [2.24, 2.45) is 0 Å². The summed E-state index contributed by atoms with van der Waals surface area (Å²) < 4.78 is 15.6. The van der Waals surface area contributed by atoms with Crippen LogP contribution in [-0.2, 0) is 14.2 Å². The Balaban J connectivity index is 2.08. The van der Waals surface area contributed by atoms with Gasteiger partial charge < -0.3 is 44.8 Å². The van der Waals surface area contributed by atoms with Crippen molar-refractivity contribution >= 4 is 0 Å². The fraction of sp³-hybridized carbons (Fsp3) is 0.833. The van der Waals surface area contributed by atoms with Gasteiger partial charge in [0.25, 0.3) is 0 Å². The molecule has 0 spiro atoms. The number of aliphatic hydroxyl groups excluding tert-OH is 6. The largest absolute Gasteiger partial charge is 0.493 e. The van der Waals surface area contributed by atoms with Gasteiger partial charge >= 0.3 is 0 Å². The van der Waals surface area contributed by atoms with E-state index in [-0.39, 0.29) is 0 Å². The van der Waals surface area contributed by atoms with E-state index in [1.54, 1.807) is 0 Å². The van der Waals surface area contributed by atoms with Gasteiger partial charge in [-0.25, -0.2) is 0 Å². The molecule has 0 amide bonds. The summed E-state index contributed by atoms with van der Waals surface area (Å²) in [6.45, 7) is -1.03. The highest BCUT2D eigenvalue weighted by molar-refractivity contribution is 4.99. The number of aliphatic hydroxyl groups is 6. The quantitative estimate of drug-likeness (QED) is 0.310. The first-order valence-corrected chi connectivity index (χ1v) is 6.56. The van der Waals surface area contributed by atoms with Gasteiger partial charge in [-0.05, 0) is 6.08 Å². The van der Waals surface area contributed by atoms with Crippen LogP contribution in [0.25, 0.3) is 0 Å². The molecule has 9 heteroatoms. The van der Waals surface area contributed by atoms with Gasteiger partial charge in [-0.15, -0.1) is 0 Å². The zero-order valence-corrected chi connectivity index (χ0v) is 11.1. The van der Waals surface area contributed by atoms with E-state index in [9.17, 15) is 25.5 Å². The van der Waals surface area contributed by atoms with E-state index in [2.05, 4.69) is 0 Å². The lowest BCUT2D eigenvalue weighted by atomic mass is 9.99. The van der Waals surface area contributed by atoms with E-state index >= 15 is 0 Å². The summed E-state index contributed by atoms with van der Waals surface area (Å²) in [6.07, 6.45) is -7.68. The molecule has 8 atom stereocenters. The van der Waals surface area contributed by atoms with Crippen molar-refractivity contribution in [3.05, 3.63) is 12.3 Å². The van der Waals surface area contributed by atoms with Crippen molar-refractivity contribution < 1.29 is 44.8 Å².